The smallest absolute Gasteiger partial charge is 0.309 e. The molecule has 372 valence electrons. The zero-order valence-electron chi connectivity index (χ0n) is 38.6. The molecule has 0 amide bonds. The summed E-state index contributed by atoms with van der Waals surface area (Å²) >= 11 is 0. The minimum Gasteiger partial charge on any atom is -0.456 e. The molecule has 5 fully saturated rings. The van der Waals surface area contributed by atoms with Gasteiger partial charge < -0.3 is 83.1 Å². The number of aliphatic hydroxyl groups is 7. The fraction of sp³-hybridized carbons (Fsp3) is 0.956. The van der Waals surface area contributed by atoms with E-state index in [1.54, 1.807) is 20.8 Å². The van der Waals surface area contributed by atoms with Gasteiger partial charge in [-0.1, -0.05) is 78.6 Å². The monoisotopic (exact) mass is 923 g/mol. The first-order chi connectivity index (χ1) is 30.5. The molecule has 5 saturated heterocycles. The van der Waals surface area contributed by atoms with Gasteiger partial charge >= 0.3 is 11.9 Å². The van der Waals surface area contributed by atoms with Crippen LogP contribution in [0.1, 0.15) is 138 Å². The number of fused-ring (bicyclic) bond motifs is 3. The summed E-state index contributed by atoms with van der Waals surface area (Å²) < 4.78 is 62.0. The maximum atomic E-state index is 13.6. The molecule has 0 aromatic carbocycles. The number of unbranched alkanes of at least 4 members (excludes halogenated alkanes) is 2. The van der Waals surface area contributed by atoms with Crippen molar-refractivity contribution < 1.29 is 92.7 Å². The van der Waals surface area contributed by atoms with Crippen molar-refractivity contribution in [3.05, 3.63) is 0 Å². The summed E-state index contributed by atoms with van der Waals surface area (Å²) in [5.41, 5.74) is 0. The number of rotatable bonds is 11. The summed E-state index contributed by atoms with van der Waals surface area (Å²) in [6.07, 6.45) is -17.9. The molecule has 0 aromatic heterocycles. The van der Waals surface area contributed by atoms with Crippen LogP contribution in [0.2, 0.25) is 0 Å². The quantitative estimate of drug-likeness (QED) is 0.115. The van der Waals surface area contributed by atoms with Crippen molar-refractivity contribution in [2.75, 3.05) is 0 Å². The Bertz CT molecular complexity index is 1410. The number of hydrogen-bond acceptors (Lipinski definition) is 19. The summed E-state index contributed by atoms with van der Waals surface area (Å²) in [7, 11) is 0. The molecule has 2 bridgehead atoms. The number of carbonyl (C=O) groups excluding carboxylic acids is 2. The van der Waals surface area contributed by atoms with Crippen LogP contribution >= 0.6 is 0 Å². The first kappa shape index (κ1) is 53.3. The summed E-state index contributed by atoms with van der Waals surface area (Å²) in [6.45, 7) is 11.6. The average molecular weight is 923 g/mol. The van der Waals surface area contributed by atoms with Crippen molar-refractivity contribution in [3.63, 3.8) is 0 Å². The van der Waals surface area contributed by atoms with Crippen LogP contribution in [0, 0.1) is 5.92 Å². The minimum atomic E-state index is -1.75. The third-order valence-corrected chi connectivity index (χ3v) is 13.4. The Morgan fingerprint density at radius 2 is 1.19 bits per heavy atom. The van der Waals surface area contributed by atoms with Crippen LogP contribution in [-0.4, -0.2) is 177 Å². The van der Waals surface area contributed by atoms with E-state index in [1.165, 1.54) is 20.8 Å². The van der Waals surface area contributed by atoms with E-state index in [0.717, 1.165) is 70.6 Å². The van der Waals surface area contributed by atoms with E-state index in [9.17, 15) is 45.3 Å². The van der Waals surface area contributed by atoms with Gasteiger partial charge in [-0.05, 0) is 53.4 Å². The molecule has 0 radical (unpaired) electrons. The molecule has 5 heterocycles. The Morgan fingerprint density at radius 1 is 0.594 bits per heavy atom. The zero-order chi connectivity index (χ0) is 46.8. The van der Waals surface area contributed by atoms with Gasteiger partial charge in [-0.3, -0.25) is 9.59 Å². The van der Waals surface area contributed by atoms with Crippen LogP contribution < -0.4 is 0 Å². The van der Waals surface area contributed by atoms with Gasteiger partial charge in [0.1, 0.15) is 54.9 Å². The lowest BCUT2D eigenvalue weighted by atomic mass is 9.96. The van der Waals surface area contributed by atoms with E-state index in [4.69, 9.17) is 47.4 Å². The molecular weight excluding hydrogens is 844 g/mol. The molecule has 0 aromatic rings. The largest absolute Gasteiger partial charge is 0.456 e. The van der Waals surface area contributed by atoms with Gasteiger partial charge in [0, 0.05) is 6.42 Å². The molecule has 5 aliphatic heterocycles. The molecule has 0 aliphatic carbocycles. The van der Waals surface area contributed by atoms with Crippen molar-refractivity contribution in [2.24, 2.45) is 5.92 Å². The normalized spacial score (nSPS) is 45.2. The van der Waals surface area contributed by atoms with Crippen LogP contribution in [0.5, 0.6) is 0 Å². The molecular formula is C45H78O19. The SMILES string of the molecule is CCCCC[C@@H]1CCCCCCCCCC(=O)O[C@H]2[C@H](O)[C@@H](C)O[C@@H](O[C@H]3[C@H](O1)O[C@H](C)[C@@H](O)[C@@H]3O)[C@@H]2O[C@@H]1O[C@@H](C)[C@H](O[C@@H]2O[C@H](C)[C@H](O)[C@H](O)[C@H]2O)[C@@H](O)[C@H]1OC(=O)[C@@H](C)CC. The lowest BCUT2D eigenvalue weighted by Crippen LogP contribution is -2.67. The van der Waals surface area contributed by atoms with Gasteiger partial charge in [0.25, 0.3) is 0 Å². The third-order valence-electron chi connectivity index (χ3n) is 13.4. The molecule has 0 spiro atoms. The van der Waals surface area contributed by atoms with E-state index in [-0.39, 0.29) is 12.5 Å². The Labute approximate surface area is 377 Å². The van der Waals surface area contributed by atoms with Crippen molar-refractivity contribution in [2.45, 2.75) is 267 Å². The highest BCUT2D eigenvalue weighted by molar-refractivity contribution is 5.72. The van der Waals surface area contributed by atoms with E-state index < -0.39 is 141 Å². The summed E-state index contributed by atoms with van der Waals surface area (Å²) in [5.74, 6) is -2.01. The maximum absolute atomic E-state index is 13.6. The van der Waals surface area contributed by atoms with Crippen LogP contribution in [0.25, 0.3) is 0 Å². The van der Waals surface area contributed by atoms with Gasteiger partial charge in [-0.25, -0.2) is 0 Å². The lowest BCUT2D eigenvalue weighted by molar-refractivity contribution is -0.397. The summed E-state index contributed by atoms with van der Waals surface area (Å²) in [5, 5.41) is 78.0. The summed E-state index contributed by atoms with van der Waals surface area (Å²) in [6, 6.07) is 0. The predicted octanol–water partition coefficient (Wildman–Crippen LogP) is 2.01. The number of ether oxygens (including phenoxy) is 10. The number of hydrogen-bond donors (Lipinski definition) is 7. The number of esters is 2. The molecule has 22 atom stereocenters. The second kappa shape index (κ2) is 25.1. The van der Waals surface area contributed by atoms with Crippen LogP contribution in [-0.2, 0) is 57.0 Å². The van der Waals surface area contributed by atoms with Crippen LogP contribution in [0.15, 0.2) is 0 Å². The lowest BCUT2D eigenvalue weighted by Gasteiger charge is -2.50. The fourth-order valence-corrected chi connectivity index (χ4v) is 8.88. The zero-order valence-corrected chi connectivity index (χ0v) is 38.6. The second-order valence-corrected chi connectivity index (χ2v) is 18.5. The number of carbonyl (C=O) groups is 2. The van der Waals surface area contributed by atoms with Crippen molar-refractivity contribution in [3.8, 4) is 0 Å². The molecule has 7 N–H and O–H groups in total. The molecule has 0 unspecified atom stereocenters. The fourth-order valence-electron chi connectivity index (χ4n) is 8.88. The van der Waals surface area contributed by atoms with Gasteiger partial charge in [0.05, 0.1) is 36.4 Å². The molecule has 19 nitrogen and oxygen atoms in total. The van der Waals surface area contributed by atoms with Gasteiger partial charge in [0.15, 0.2) is 43.5 Å². The molecule has 0 saturated carbocycles. The Kier molecular flexibility index (Phi) is 20.9. The minimum absolute atomic E-state index is 0.0363. The van der Waals surface area contributed by atoms with E-state index >= 15 is 0 Å². The molecule has 5 aliphatic rings. The highest BCUT2D eigenvalue weighted by atomic mass is 16.8. The second-order valence-electron chi connectivity index (χ2n) is 18.5. The molecule has 5 rings (SSSR count). The van der Waals surface area contributed by atoms with Gasteiger partial charge in [-0.2, -0.15) is 0 Å². The van der Waals surface area contributed by atoms with Crippen LogP contribution in [0.4, 0.5) is 0 Å². The Balaban J connectivity index is 1.51. The predicted molar refractivity (Wildman–Crippen MR) is 224 cm³/mol. The Hall–Kier alpha value is -1.66. The van der Waals surface area contributed by atoms with Crippen molar-refractivity contribution >= 4 is 11.9 Å². The van der Waals surface area contributed by atoms with Crippen LogP contribution in [0.3, 0.4) is 0 Å². The average Bonchev–Trinajstić information content (AvgIpc) is 3.26. The highest BCUT2D eigenvalue weighted by Gasteiger charge is 2.57. The first-order valence-electron chi connectivity index (χ1n) is 23.9. The third kappa shape index (κ3) is 13.5. The van der Waals surface area contributed by atoms with Gasteiger partial charge in [0.2, 0.25) is 0 Å². The highest BCUT2D eigenvalue weighted by Crippen LogP contribution is 2.37. The Morgan fingerprint density at radius 3 is 1.88 bits per heavy atom. The van der Waals surface area contributed by atoms with Crippen molar-refractivity contribution in [1.29, 1.82) is 0 Å². The maximum Gasteiger partial charge on any atom is 0.309 e. The summed E-state index contributed by atoms with van der Waals surface area (Å²) in [4.78, 5) is 27.0. The van der Waals surface area contributed by atoms with Crippen molar-refractivity contribution in [1.82, 2.24) is 0 Å². The standard InChI is InChI=1S/C45H78O19/c1-8-10-16-19-27-20-17-14-12-11-13-15-18-21-28(46)60-37-31(49)25(6)57-45(63-38-33(51)30(48)24(5)56-43(38)59-27)40(37)64-44-39(61-41(54)22(3)9-2)35(53)36(26(7)58-44)62-42-34(52)32(50)29(47)23(4)55-42/h22-27,29-40,42-45,47-53H,8-21H2,1-7H3/t22-,23+,24+,25+,26-,27+,29-,30+,31+,32-,33-,34+,35+,36-,37-,38+,39+,40+,42-,43-,44-,45-/m0/s1. The van der Waals surface area contributed by atoms with E-state index in [1.807, 2.05) is 0 Å². The van der Waals surface area contributed by atoms with E-state index in [2.05, 4.69) is 6.92 Å². The number of aliphatic hydroxyl groups excluding tert-OH is 7. The first-order valence-corrected chi connectivity index (χ1v) is 23.9. The van der Waals surface area contributed by atoms with Gasteiger partial charge in [-0.15, -0.1) is 0 Å². The molecule has 19 heteroatoms. The topological polar surface area (TPSA) is 268 Å². The molecule has 64 heavy (non-hydrogen) atoms. The van der Waals surface area contributed by atoms with E-state index in [0.29, 0.717) is 12.8 Å².